The van der Waals surface area contributed by atoms with E-state index in [0.717, 1.165) is 26.1 Å². The lowest BCUT2D eigenvalue weighted by atomic mass is 10.1. The number of ether oxygens (including phenoxy) is 2. The van der Waals surface area contributed by atoms with Gasteiger partial charge in [-0.25, -0.2) is 0 Å². The molecule has 0 amide bonds. The molecular formula is C15H28O2. The van der Waals surface area contributed by atoms with E-state index in [4.69, 9.17) is 9.47 Å². The van der Waals surface area contributed by atoms with E-state index in [1.807, 2.05) is 26.0 Å². The minimum atomic E-state index is 0.00524. The normalized spacial score (nSPS) is 11.5. The minimum Gasteiger partial charge on any atom is -0.353 e. The van der Waals surface area contributed by atoms with Crippen LogP contribution in [0.25, 0.3) is 0 Å². The molecule has 2 heteroatoms. The molecule has 0 saturated carbocycles. The molecule has 0 aromatic heterocycles. The van der Waals surface area contributed by atoms with Gasteiger partial charge in [0.25, 0.3) is 0 Å². The highest BCUT2D eigenvalue weighted by atomic mass is 16.7. The largest absolute Gasteiger partial charge is 0.353 e. The fourth-order valence-corrected chi connectivity index (χ4v) is 1.71. The SMILES string of the molecule is C=C/C=C/CCCCCCC(OCC)OCC. The van der Waals surface area contributed by atoms with Crippen LogP contribution in [0.1, 0.15) is 52.4 Å². The van der Waals surface area contributed by atoms with Crippen molar-refractivity contribution in [1.29, 1.82) is 0 Å². The van der Waals surface area contributed by atoms with Gasteiger partial charge in [0.1, 0.15) is 0 Å². The average Bonchev–Trinajstić information content (AvgIpc) is 2.33. The average molecular weight is 240 g/mol. The Bertz CT molecular complexity index is 181. The molecule has 0 N–H and O–H groups in total. The van der Waals surface area contributed by atoms with E-state index in [9.17, 15) is 0 Å². The van der Waals surface area contributed by atoms with Crippen LogP contribution in [0.2, 0.25) is 0 Å². The molecule has 100 valence electrons. The Morgan fingerprint density at radius 1 is 1.00 bits per heavy atom. The monoisotopic (exact) mass is 240 g/mol. The van der Waals surface area contributed by atoms with Crippen LogP contribution >= 0.6 is 0 Å². The fourth-order valence-electron chi connectivity index (χ4n) is 1.71. The number of hydrogen-bond donors (Lipinski definition) is 0. The maximum absolute atomic E-state index is 5.50. The summed E-state index contributed by atoms with van der Waals surface area (Å²) >= 11 is 0. The van der Waals surface area contributed by atoms with Crippen LogP contribution in [0.3, 0.4) is 0 Å². The molecule has 0 atom stereocenters. The molecule has 0 bridgehead atoms. The Balaban J connectivity index is 3.35. The van der Waals surface area contributed by atoms with E-state index in [-0.39, 0.29) is 6.29 Å². The van der Waals surface area contributed by atoms with Gasteiger partial charge in [-0.3, -0.25) is 0 Å². The lowest BCUT2D eigenvalue weighted by Gasteiger charge is -2.16. The molecule has 0 aliphatic rings. The molecule has 17 heavy (non-hydrogen) atoms. The van der Waals surface area contributed by atoms with Crippen LogP contribution in [0.15, 0.2) is 24.8 Å². The maximum Gasteiger partial charge on any atom is 0.157 e. The maximum atomic E-state index is 5.50. The molecule has 0 unspecified atom stereocenters. The highest BCUT2D eigenvalue weighted by Gasteiger charge is 2.06. The van der Waals surface area contributed by atoms with E-state index in [0.29, 0.717) is 0 Å². The topological polar surface area (TPSA) is 18.5 Å². The molecule has 0 spiro atoms. The van der Waals surface area contributed by atoms with Gasteiger partial charge in [-0.1, -0.05) is 37.6 Å². The highest BCUT2D eigenvalue weighted by Crippen LogP contribution is 2.10. The molecule has 0 saturated heterocycles. The van der Waals surface area contributed by atoms with Crippen molar-refractivity contribution < 1.29 is 9.47 Å². The van der Waals surface area contributed by atoms with E-state index < -0.39 is 0 Å². The van der Waals surface area contributed by atoms with Crippen LogP contribution in [0.5, 0.6) is 0 Å². The van der Waals surface area contributed by atoms with Crippen molar-refractivity contribution in [3.05, 3.63) is 24.8 Å². The van der Waals surface area contributed by atoms with Crippen molar-refractivity contribution in [3.63, 3.8) is 0 Å². The first-order valence-corrected chi connectivity index (χ1v) is 6.85. The van der Waals surface area contributed by atoms with Crippen molar-refractivity contribution in [2.45, 2.75) is 58.7 Å². The lowest BCUT2D eigenvalue weighted by molar-refractivity contribution is -0.140. The van der Waals surface area contributed by atoms with Gasteiger partial charge >= 0.3 is 0 Å². The summed E-state index contributed by atoms with van der Waals surface area (Å²) in [6.07, 6.45) is 13.2. The number of allylic oxidation sites excluding steroid dienone is 3. The van der Waals surface area contributed by atoms with Crippen LogP contribution in [0.4, 0.5) is 0 Å². The van der Waals surface area contributed by atoms with Crippen molar-refractivity contribution in [2.24, 2.45) is 0 Å². The van der Waals surface area contributed by atoms with E-state index >= 15 is 0 Å². The fraction of sp³-hybridized carbons (Fsp3) is 0.733. The van der Waals surface area contributed by atoms with Crippen molar-refractivity contribution >= 4 is 0 Å². The zero-order valence-corrected chi connectivity index (χ0v) is 11.5. The van der Waals surface area contributed by atoms with Gasteiger partial charge in [0.15, 0.2) is 6.29 Å². The van der Waals surface area contributed by atoms with Gasteiger partial charge in [-0.05, 0) is 39.5 Å². The van der Waals surface area contributed by atoms with Crippen molar-refractivity contribution in [3.8, 4) is 0 Å². The first-order chi connectivity index (χ1) is 8.35. The van der Waals surface area contributed by atoms with Gasteiger partial charge in [0.05, 0.1) is 0 Å². The Hall–Kier alpha value is -0.600. The molecule has 0 aliphatic heterocycles. The summed E-state index contributed by atoms with van der Waals surface area (Å²) < 4.78 is 11.0. The highest BCUT2D eigenvalue weighted by molar-refractivity contribution is 4.96. The molecule has 0 fully saturated rings. The van der Waals surface area contributed by atoms with Gasteiger partial charge in [-0.2, -0.15) is 0 Å². The zero-order chi connectivity index (χ0) is 12.8. The van der Waals surface area contributed by atoms with Crippen LogP contribution in [-0.4, -0.2) is 19.5 Å². The zero-order valence-electron chi connectivity index (χ0n) is 11.5. The molecule has 0 heterocycles. The molecule has 0 radical (unpaired) electrons. The summed E-state index contributed by atoms with van der Waals surface area (Å²) in [5.74, 6) is 0. The van der Waals surface area contributed by atoms with Crippen molar-refractivity contribution in [2.75, 3.05) is 13.2 Å². The standard InChI is InChI=1S/C15H28O2/c1-4-7-8-9-10-11-12-13-14-15(16-5-2)17-6-3/h4,7-8,15H,1,5-6,9-14H2,2-3H3/b8-7+. The first kappa shape index (κ1) is 16.4. The summed E-state index contributed by atoms with van der Waals surface area (Å²) in [4.78, 5) is 0. The smallest absolute Gasteiger partial charge is 0.157 e. The number of unbranched alkanes of at least 4 members (excludes halogenated alkanes) is 4. The van der Waals surface area contributed by atoms with E-state index in [2.05, 4.69) is 12.7 Å². The van der Waals surface area contributed by atoms with Crippen LogP contribution in [0, 0.1) is 0 Å². The summed E-state index contributed by atoms with van der Waals surface area (Å²) in [6, 6.07) is 0. The second-order valence-corrected chi connectivity index (χ2v) is 4.00. The Kier molecular flexibility index (Phi) is 13.0. The van der Waals surface area contributed by atoms with Gasteiger partial charge in [0, 0.05) is 13.2 Å². The Labute approximate surface area is 107 Å². The quantitative estimate of drug-likeness (QED) is 0.285. The second-order valence-electron chi connectivity index (χ2n) is 4.00. The van der Waals surface area contributed by atoms with Crippen LogP contribution < -0.4 is 0 Å². The number of hydrogen-bond acceptors (Lipinski definition) is 2. The molecule has 0 rings (SSSR count). The first-order valence-electron chi connectivity index (χ1n) is 6.85. The molecule has 2 nitrogen and oxygen atoms in total. The predicted octanol–water partition coefficient (Wildman–Crippen LogP) is 4.47. The predicted molar refractivity (Wildman–Crippen MR) is 74.1 cm³/mol. The van der Waals surface area contributed by atoms with E-state index in [1.165, 1.54) is 25.7 Å². The minimum absolute atomic E-state index is 0.00524. The summed E-state index contributed by atoms with van der Waals surface area (Å²) in [5, 5.41) is 0. The van der Waals surface area contributed by atoms with Gasteiger partial charge in [0.2, 0.25) is 0 Å². The van der Waals surface area contributed by atoms with Crippen molar-refractivity contribution in [1.82, 2.24) is 0 Å². The molecule has 0 aromatic rings. The van der Waals surface area contributed by atoms with Gasteiger partial charge < -0.3 is 9.47 Å². The third-order valence-corrected chi connectivity index (χ3v) is 2.54. The molecule has 0 aromatic carbocycles. The second kappa shape index (κ2) is 13.5. The van der Waals surface area contributed by atoms with Gasteiger partial charge in [-0.15, -0.1) is 0 Å². The summed E-state index contributed by atoms with van der Waals surface area (Å²) in [5.41, 5.74) is 0. The van der Waals surface area contributed by atoms with Crippen LogP contribution in [-0.2, 0) is 9.47 Å². The Morgan fingerprint density at radius 2 is 1.65 bits per heavy atom. The Morgan fingerprint density at radius 3 is 2.24 bits per heavy atom. The third kappa shape index (κ3) is 11.7. The van der Waals surface area contributed by atoms with E-state index in [1.54, 1.807) is 0 Å². The summed E-state index contributed by atoms with van der Waals surface area (Å²) in [7, 11) is 0. The number of rotatable bonds is 12. The molecular weight excluding hydrogens is 212 g/mol. The third-order valence-electron chi connectivity index (χ3n) is 2.54. The summed E-state index contributed by atoms with van der Waals surface area (Å²) in [6.45, 7) is 9.14. The lowest BCUT2D eigenvalue weighted by Crippen LogP contribution is -2.17. The molecule has 0 aliphatic carbocycles.